The summed E-state index contributed by atoms with van der Waals surface area (Å²) in [4.78, 5) is 51.3. The highest BCUT2D eigenvalue weighted by atomic mass is 16.7. The molecule has 0 bridgehead atoms. The first-order chi connectivity index (χ1) is 14.8. The van der Waals surface area contributed by atoms with Crippen LogP contribution in [0.3, 0.4) is 0 Å². The van der Waals surface area contributed by atoms with Crippen molar-refractivity contribution in [2.45, 2.75) is 72.7 Å². The van der Waals surface area contributed by atoms with E-state index in [9.17, 15) is 19.2 Å². The normalized spacial score (nSPS) is 14.8. The molecule has 1 aliphatic heterocycles. The van der Waals surface area contributed by atoms with Crippen LogP contribution in [0.5, 0.6) is 5.75 Å². The fraction of sp³-hybridized carbons (Fsp3) is 0.667. The molecule has 11 nitrogen and oxygen atoms in total. The lowest BCUT2D eigenvalue weighted by molar-refractivity contribution is -0.154. The molecule has 0 saturated heterocycles. The van der Waals surface area contributed by atoms with E-state index in [1.807, 2.05) is 13.8 Å². The third kappa shape index (κ3) is 6.21. The van der Waals surface area contributed by atoms with Gasteiger partial charge in [0.2, 0.25) is 18.0 Å². The predicted octanol–water partition coefficient (Wildman–Crippen LogP) is 1.54. The minimum Gasteiger partial charge on any atom is -0.451 e. The van der Waals surface area contributed by atoms with Crippen molar-refractivity contribution in [3.63, 3.8) is 0 Å². The molecule has 11 heteroatoms. The Kier molecular flexibility index (Phi) is 7.87. The number of nitrogens with zero attached hydrogens (tertiary/aromatic N) is 3. The Balaban J connectivity index is 2.09. The molecule has 2 heterocycles. The van der Waals surface area contributed by atoms with E-state index in [1.165, 1.54) is 4.68 Å². The number of ether oxygens (including phenoxy) is 3. The second-order valence-corrected chi connectivity index (χ2v) is 9.10. The molecule has 0 aliphatic carbocycles. The van der Waals surface area contributed by atoms with E-state index in [0.717, 1.165) is 6.20 Å². The van der Waals surface area contributed by atoms with E-state index in [-0.39, 0.29) is 29.3 Å². The van der Waals surface area contributed by atoms with Gasteiger partial charge >= 0.3 is 12.1 Å². The number of alkyl carbamates (subject to hydrolysis) is 1. The van der Waals surface area contributed by atoms with Crippen LogP contribution >= 0.6 is 0 Å². The lowest BCUT2D eigenvalue weighted by Gasteiger charge is -2.32. The maximum atomic E-state index is 12.8. The molecule has 1 N–H and O–H groups in total. The van der Waals surface area contributed by atoms with E-state index in [4.69, 9.17) is 14.2 Å². The number of fused-ring (bicyclic) bond motifs is 1. The van der Waals surface area contributed by atoms with Gasteiger partial charge < -0.3 is 24.4 Å². The smallest absolute Gasteiger partial charge is 0.408 e. The van der Waals surface area contributed by atoms with Crippen molar-refractivity contribution in [3.05, 3.63) is 22.1 Å². The molecule has 1 atom stereocenters. The van der Waals surface area contributed by atoms with E-state index in [0.29, 0.717) is 13.1 Å². The molecule has 0 radical (unpaired) electrons. The maximum Gasteiger partial charge on any atom is 0.408 e. The van der Waals surface area contributed by atoms with Crippen LogP contribution in [-0.2, 0) is 20.8 Å². The number of hydrogen-bond donors (Lipinski definition) is 1. The summed E-state index contributed by atoms with van der Waals surface area (Å²) in [6, 6.07) is -1.05. The molecule has 0 fully saturated rings. The first-order valence-corrected chi connectivity index (χ1v) is 10.5. The molecule has 0 saturated carbocycles. The summed E-state index contributed by atoms with van der Waals surface area (Å²) in [6.07, 6.45) is 0.301. The number of aromatic nitrogens is 2. The van der Waals surface area contributed by atoms with E-state index >= 15 is 0 Å². The standard InChI is InChI=1S/C21H32N4O7/c1-12(2)15(23-20(29)32-21(5,6)7)19(28)31-11-30-17-14(26)10-22-25-9-8-24(13(3)4)18(27)16(17)25/h10,12-13,15H,8-9,11H2,1-7H3,(H,23,29). The van der Waals surface area contributed by atoms with Crippen LogP contribution in [0.2, 0.25) is 0 Å². The summed E-state index contributed by atoms with van der Waals surface area (Å²) in [7, 11) is 0. The van der Waals surface area contributed by atoms with Crippen molar-refractivity contribution in [2.75, 3.05) is 13.3 Å². The monoisotopic (exact) mass is 452 g/mol. The minimum absolute atomic E-state index is 0.0146. The summed E-state index contributed by atoms with van der Waals surface area (Å²) in [5.41, 5.74) is -1.31. The van der Waals surface area contributed by atoms with Crippen LogP contribution in [0.25, 0.3) is 0 Å². The van der Waals surface area contributed by atoms with Gasteiger partial charge in [0.05, 0.1) is 12.7 Å². The fourth-order valence-electron chi connectivity index (χ4n) is 3.09. The van der Waals surface area contributed by atoms with E-state index in [2.05, 4.69) is 10.4 Å². The Bertz CT molecular complexity index is 918. The zero-order valence-electron chi connectivity index (χ0n) is 19.6. The first kappa shape index (κ1) is 25.2. The van der Waals surface area contributed by atoms with Gasteiger partial charge in [-0.05, 0) is 40.5 Å². The van der Waals surface area contributed by atoms with Crippen molar-refractivity contribution in [1.82, 2.24) is 20.0 Å². The zero-order valence-corrected chi connectivity index (χ0v) is 19.6. The summed E-state index contributed by atoms with van der Waals surface area (Å²) >= 11 is 0. The third-order valence-corrected chi connectivity index (χ3v) is 4.65. The van der Waals surface area contributed by atoms with Gasteiger partial charge in [-0.3, -0.25) is 14.3 Å². The molecule has 32 heavy (non-hydrogen) atoms. The van der Waals surface area contributed by atoms with E-state index in [1.54, 1.807) is 39.5 Å². The number of nitrogens with one attached hydrogen (secondary N) is 1. The van der Waals surface area contributed by atoms with Gasteiger partial charge in [-0.1, -0.05) is 13.8 Å². The Hall–Kier alpha value is -3.11. The third-order valence-electron chi connectivity index (χ3n) is 4.65. The maximum absolute atomic E-state index is 12.8. The average molecular weight is 453 g/mol. The molecule has 1 unspecified atom stereocenters. The molecule has 0 aromatic carbocycles. The van der Waals surface area contributed by atoms with Crippen molar-refractivity contribution >= 4 is 18.0 Å². The summed E-state index contributed by atoms with van der Waals surface area (Å²) in [5.74, 6) is -1.67. The minimum atomic E-state index is -0.987. The van der Waals surface area contributed by atoms with Crippen LogP contribution in [0, 0.1) is 5.92 Å². The van der Waals surface area contributed by atoms with E-state index < -0.39 is 35.9 Å². The summed E-state index contributed by atoms with van der Waals surface area (Å²) in [6.45, 7) is 12.6. The number of carbonyl (C=O) groups excluding carboxylic acids is 3. The van der Waals surface area contributed by atoms with Gasteiger partial charge in [0, 0.05) is 12.6 Å². The molecular weight excluding hydrogens is 420 g/mol. The van der Waals surface area contributed by atoms with Crippen molar-refractivity contribution < 1.29 is 28.6 Å². The Morgan fingerprint density at radius 2 is 1.81 bits per heavy atom. The molecular formula is C21H32N4O7. The Morgan fingerprint density at radius 3 is 2.38 bits per heavy atom. The highest BCUT2D eigenvalue weighted by molar-refractivity contribution is 5.95. The molecule has 1 aromatic rings. The van der Waals surface area contributed by atoms with Crippen molar-refractivity contribution in [2.24, 2.45) is 5.92 Å². The number of hydrogen-bond acceptors (Lipinski definition) is 8. The summed E-state index contributed by atoms with van der Waals surface area (Å²) < 4.78 is 17.1. The Morgan fingerprint density at radius 1 is 1.16 bits per heavy atom. The van der Waals surface area contributed by atoms with Gasteiger partial charge in [-0.2, -0.15) is 5.10 Å². The second kappa shape index (κ2) is 10.0. The van der Waals surface area contributed by atoms with Crippen LogP contribution in [-0.4, -0.2) is 63.7 Å². The number of carbonyl (C=O) groups is 3. The molecule has 2 rings (SSSR count). The lowest BCUT2D eigenvalue weighted by atomic mass is 10.1. The predicted molar refractivity (Wildman–Crippen MR) is 114 cm³/mol. The fourth-order valence-corrected chi connectivity index (χ4v) is 3.09. The first-order valence-electron chi connectivity index (χ1n) is 10.5. The zero-order chi connectivity index (χ0) is 24.2. The Labute approximate surface area is 187 Å². The van der Waals surface area contributed by atoms with Crippen LogP contribution < -0.4 is 15.5 Å². The topological polar surface area (TPSA) is 129 Å². The van der Waals surface area contributed by atoms with Crippen LogP contribution in [0.4, 0.5) is 4.79 Å². The number of amides is 2. The van der Waals surface area contributed by atoms with Gasteiger partial charge in [0.1, 0.15) is 11.6 Å². The van der Waals surface area contributed by atoms with Gasteiger partial charge in [-0.25, -0.2) is 9.59 Å². The van der Waals surface area contributed by atoms with Crippen molar-refractivity contribution in [1.29, 1.82) is 0 Å². The highest BCUT2D eigenvalue weighted by Gasteiger charge is 2.32. The van der Waals surface area contributed by atoms with Gasteiger partial charge in [0.15, 0.2) is 5.69 Å². The second-order valence-electron chi connectivity index (χ2n) is 9.10. The number of esters is 1. The highest BCUT2D eigenvalue weighted by Crippen LogP contribution is 2.20. The van der Waals surface area contributed by atoms with Crippen LogP contribution in [0.15, 0.2) is 11.0 Å². The quantitative estimate of drug-likeness (QED) is 0.487. The molecule has 178 valence electrons. The SMILES string of the molecule is CC(C)C(NC(=O)OC(C)(C)C)C(=O)OCOc1c2n(ncc1=O)CCN(C(C)C)C2=O. The molecule has 0 spiro atoms. The van der Waals surface area contributed by atoms with Gasteiger partial charge in [-0.15, -0.1) is 0 Å². The lowest BCUT2D eigenvalue weighted by Crippen LogP contribution is -2.47. The molecule has 2 amide bonds. The molecule has 1 aromatic heterocycles. The van der Waals surface area contributed by atoms with Gasteiger partial charge in [0.25, 0.3) is 5.91 Å². The number of rotatable bonds is 7. The van der Waals surface area contributed by atoms with Crippen LogP contribution in [0.1, 0.15) is 59.0 Å². The summed E-state index contributed by atoms with van der Waals surface area (Å²) in [5, 5.41) is 6.47. The van der Waals surface area contributed by atoms with Crippen molar-refractivity contribution in [3.8, 4) is 5.75 Å². The largest absolute Gasteiger partial charge is 0.451 e. The average Bonchev–Trinajstić information content (AvgIpc) is 2.66. The molecule has 1 aliphatic rings.